The molecule has 2 amide bonds. The lowest BCUT2D eigenvalue weighted by molar-refractivity contribution is 0.240. The van der Waals surface area contributed by atoms with Crippen LogP contribution in [0.15, 0.2) is 4.42 Å². The summed E-state index contributed by atoms with van der Waals surface area (Å²) < 4.78 is 5.29. The van der Waals surface area contributed by atoms with Gasteiger partial charge in [0.15, 0.2) is 5.89 Å². The third kappa shape index (κ3) is 2.76. The summed E-state index contributed by atoms with van der Waals surface area (Å²) >= 11 is 0. The summed E-state index contributed by atoms with van der Waals surface area (Å²) in [6.45, 7) is 6.48. The Bertz CT molecular complexity index is 320. The maximum absolute atomic E-state index is 11.1. The first kappa shape index (κ1) is 10.6. The molecule has 0 aliphatic heterocycles. The molecule has 0 aromatic carbocycles. The fourth-order valence-electron chi connectivity index (χ4n) is 1.12. The summed E-state index contributed by atoms with van der Waals surface area (Å²) in [6.07, 6.45) is 0. The van der Waals surface area contributed by atoms with Gasteiger partial charge in [-0.1, -0.05) is 0 Å². The van der Waals surface area contributed by atoms with Crippen LogP contribution in [0.5, 0.6) is 0 Å². The Labute approximate surface area is 82.9 Å². The molecular weight excluding hydrogens is 182 g/mol. The first-order valence-electron chi connectivity index (χ1n) is 4.58. The van der Waals surface area contributed by atoms with Crippen molar-refractivity contribution in [1.29, 1.82) is 0 Å². The number of rotatable bonds is 3. The second-order valence-electron chi connectivity index (χ2n) is 2.95. The van der Waals surface area contributed by atoms with Crippen molar-refractivity contribution in [1.82, 2.24) is 15.6 Å². The summed E-state index contributed by atoms with van der Waals surface area (Å²) in [7, 11) is 0. The Hall–Kier alpha value is -1.52. The monoisotopic (exact) mass is 197 g/mol. The molecule has 0 fully saturated rings. The quantitative estimate of drug-likeness (QED) is 0.762. The number of carbonyl (C=O) groups excluding carboxylic acids is 1. The minimum absolute atomic E-state index is 0.194. The first-order valence-corrected chi connectivity index (χ1v) is 4.58. The number of hydrogen-bond donors (Lipinski definition) is 2. The lowest BCUT2D eigenvalue weighted by Gasteiger charge is -2.03. The Morgan fingerprint density at radius 3 is 2.64 bits per heavy atom. The largest absolute Gasteiger partial charge is 0.444 e. The number of amides is 2. The van der Waals surface area contributed by atoms with E-state index in [1.54, 1.807) is 6.92 Å². The molecule has 0 spiro atoms. The van der Waals surface area contributed by atoms with E-state index in [4.69, 9.17) is 4.42 Å². The van der Waals surface area contributed by atoms with E-state index in [2.05, 4.69) is 15.6 Å². The van der Waals surface area contributed by atoms with Crippen molar-refractivity contribution in [3.8, 4) is 0 Å². The molecule has 2 N–H and O–H groups in total. The lowest BCUT2D eigenvalue weighted by Crippen LogP contribution is -2.34. The second-order valence-corrected chi connectivity index (χ2v) is 2.95. The highest BCUT2D eigenvalue weighted by Gasteiger charge is 2.07. The summed E-state index contributed by atoms with van der Waals surface area (Å²) in [6, 6.07) is -0.194. The number of nitrogens with zero attached hydrogens (tertiary/aromatic N) is 1. The molecule has 78 valence electrons. The first-order chi connectivity index (χ1) is 6.63. The van der Waals surface area contributed by atoms with E-state index in [-0.39, 0.29) is 6.03 Å². The smallest absolute Gasteiger partial charge is 0.315 e. The van der Waals surface area contributed by atoms with E-state index in [1.807, 2.05) is 13.8 Å². The van der Waals surface area contributed by atoms with E-state index in [9.17, 15) is 4.79 Å². The highest BCUT2D eigenvalue weighted by Crippen LogP contribution is 2.08. The Morgan fingerprint density at radius 1 is 1.43 bits per heavy atom. The van der Waals surface area contributed by atoms with Crippen molar-refractivity contribution in [3.63, 3.8) is 0 Å². The topological polar surface area (TPSA) is 67.2 Å². The zero-order valence-corrected chi connectivity index (χ0v) is 8.68. The highest BCUT2D eigenvalue weighted by atomic mass is 16.4. The molecule has 0 aliphatic carbocycles. The summed E-state index contributed by atoms with van der Waals surface area (Å²) in [5, 5.41) is 5.30. The average Bonchev–Trinajstić information content (AvgIpc) is 2.42. The van der Waals surface area contributed by atoms with Crippen LogP contribution in [-0.4, -0.2) is 17.6 Å². The van der Waals surface area contributed by atoms with Crippen LogP contribution >= 0.6 is 0 Å². The molecule has 5 nitrogen and oxygen atoms in total. The van der Waals surface area contributed by atoms with E-state index in [0.717, 1.165) is 5.69 Å². The van der Waals surface area contributed by atoms with Gasteiger partial charge in [-0.3, -0.25) is 0 Å². The second kappa shape index (κ2) is 4.64. The number of aryl methyl sites for hydroxylation is 2. The lowest BCUT2D eigenvalue weighted by atomic mass is 10.4. The van der Waals surface area contributed by atoms with Crippen LogP contribution in [0.25, 0.3) is 0 Å². The molecule has 0 aliphatic rings. The van der Waals surface area contributed by atoms with Crippen LogP contribution < -0.4 is 10.6 Å². The number of carbonyl (C=O) groups is 1. The van der Waals surface area contributed by atoms with Crippen molar-refractivity contribution < 1.29 is 9.21 Å². The Kier molecular flexibility index (Phi) is 3.50. The molecule has 1 aromatic rings. The molecule has 1 heterocycles. The molecule has 0 atom stereocenters. The molecule has 1 rings (SSSR count). The van der Waals surface area contributed by atoms with Crippen LogP contribution in [0.4, 0.5) is 4.79 Å². The van der Waals surface area contributed by atoms with Gasteiger partial charge in [0.25, 0.3) is 0 Å². The van der Waals surface area contributed by atoms with Crippen LogP contribution in [0.2, 0.25) is 0 Å². The van der Waals surface area contributed by atoms with E-state index < -0.39 is 0 Å². The van der Waals surface area contributed by atoms with Gasteiger partial charge in [-0.25, -0.2) is 9.78 Å². The van der Waals surface area contributed by atoms with Gasteiger partial charge in [0, 0.05) is 13.5 Å². The fourth-order valence-corrected chi connectivity index (χ4v) is 1.12. The minimum atomic E-state index is -0.194. The predicted octanol–water partition coefficient (Wildman–Crippen LogP) is 1.11. The molecule has 0 saturated heterocycles. The summed E-state index contributed by atoms with van der Waals surface area (Å²) in [5.74, 6) is 1.32. The number of nitrogens with one attached hydrogen (secondary N) is 2. The van der Waals surface area contributed by atoms with Crippen LogP contribution in [-0.2, 0) is 6.54 Å². The van der Waals surface area contributed by atoms with Gasteiger partial charge in [-0.2, -0.15) is 0 Å². The predicted molar refractivity (Wildman–Crippen MR) is 51.9 cm³/mol. The number of oxazole rings is 1. The molecule has 1 aromatic heterocycles. The maximum atomic E-state index is 11.1. The number of aromatic nitrogens is 1. The maximum Gasteiger partial charge on any atom is 0.315 e. The molecule has 5 heteroatoms. The third-order valence-corrected chi connectivity index (χ3v) is 1.75. The van der Waals surface area contributed by atoms with Gasteiger partial charge < -0.3 is 15.1 Å². The van der Waals surface area contributed by atoms with Crippen molar-refractivity contribution >= 4 is 6.03 Å². The zero-order valence-electron chi connectivity index (χ0n) is 8.68. The van der Waals surface area contributed by atoms with Gasteiger partial charge in [-0.15, -0.1) is 0 Å². The van der Waals surface area contributed by atoms with Crippen LogP contribution in [0, 0.1) is 13.8 Å². The Morgan fingerprint density at radius 2 is 2.14 bits per heavy atom. The van der Waals surface area contributed by atoms with E-state index >= 15 is 0 Å². The summed E-state index contributed by atoms with van der Waals surface area (Å²) in [4.78, 5) is 15.1. The van der Waals surface area contributed by atoms with Gasteiger partial charge in [0.2, 0.25) is 0 Å². The van der Waals surface area contributed by atoms with Gasteiger partial charge in [0.1, 0.15) is 5.76 Å². The molecule has 0 bridgehead atoms. The van der Waals surface area contributed by atoms with Gasteiger partial charge in [-0.05, 0) is 13.8 Å². The molecular formula is C9H15N3O2. The molecule has 14 heavy (non-hydrogen) atoms. The van der Waals surface area contributed by atoms with Crippen molar-refractivity contribution in [2.75, 3.05) is 6.54 Å². The minimum Gasteiger partial charge on any atom is -0.444 e. The third-order valence-electron chi connectivity index (χ3n) is 1.75. The molecule has 0 unspecified atom stereocenters. The van der Waals surface area contributed by atoms with Crippen molar-refractivity contribution in [2.24, 2.45) is 0 Å². The SMILES string of the molecule is CCNC(=O)NCc1oc(C)nc1C. The van der Waals surface area contributed by atoms with Gasteiger partial charge >= 0.3 is 6.03 Å². The normalized spacial score (nSPS) is 9.93. The average molecular weight is 197 g/mol. The molecule has 0 saturated carbocycles. The zero-order chi connectivity index (χ0) is 10.6. The summed E-state index contributed by atoms with van der Waals surface area (Å²) in [5.41, 5.74) is 0.819. The van der Waals surface area contributed by atoms with E-state index in [1.165, 1.54) is 0 Å². The van der Waals surface area contributed by atoms with Gasteiger partial charge in [0.05, 0.1) is 12.2 Å². The highest BCUT2D eigenvalue weighted by molar-refractivity contribution is 5.73. The standard InChI is InChI=1S/C9H15N3O2/c1-4-10-9(13)11-5-8-6(2)12-7(3)14-8/h4-5H2,1-3H3,(H2,10,11,13). The molecule has 0 radical (unpaired) electrons. The fraction of sp³-hybridized carbons (Fsp3) is 0.556. The van der Waals surface area contributed by atoms with E-state index in [0.29, 0.717) is 24.7 Å². The number of urea groups is 1. The van der Waals surface area contributed by atoms with Crippen LogP contribution in [0.1, 0.15) is 24.3 Å². The number of hydrogen-bond acceptors (Lipinski definition) is 3. The van der Waals surface area contributed by atoms with Crippen LogP contribution in [0.3, 0.4) is 0 Å². The van der Waals surface area contributed by atoms with Crippen molar-refractivity contribution in [3.05, 3.63) is 17.3 Å². The Balaban J connectivity index is 2.45. The van der Waals surface area contributed by atoms with Crippen molar-refractivity contribution in [2.45, 2.75) is 27.3 Å².